The Kier molecular flexibility index (Phi) is 6.49. The lowest BCUT2D eigenvalue weighted by atomic mass is 9.91. The zero-order chi connectivity index (χ0) is 15.4. The van der Waals surface area contributed by atoms with Gasteiger partial charge in [0.15, 0.2) is 0 Å². The van der Waals surface area contributed by atoms with Crippen LogP contribution in [0.5, 0.6) is 0 Å². The van der Waals surface area contributed by atoms with E-state index in [1.165, 1.54) is 18.4 Å². The molecule has 1 saturated heterocycles. The van der Waals surface area contributed by atoms with Crippen LogP contribution >= 0.6 is 12.4 Å². The Balaban J connectivity index is 0.00000192. The van der Waals surface area contributed by atoms with E-state index < -0.39 is 0 Å². The van der Waals surface area contributed by atoms with Crippen LogP contribution in [0, 0.1) is 11.3 Å². The van der Waals surface area contributed by atoms with Crippen molar-refractivity contribution in [2.45, 2.75) is 51.5 Å². The van der Waals surface area contributed by atoms with E-state index in [2.05, 4.69) is 41.8 Å². The number of carbonyl (C=O) groups excluding carboxylic acids is 1. The lowest BCUT2D eigenvalue weighted by Crippen LogP contribution is -2.39. The van der Waals surface area contributed by atoms with Gasteiger partial charge in [-0.3, -0.25) is 4.79 Å². The molecule has 1 aliphatic carbocycles. The molecule has 2 N–H and O–H groups in total. The Morgan fingerprint density at radius 1 is 1.30 bits per heavy atom. The van der Waals surface area contributed by atoms with Crippen molar-refractivity contribution in [2.75, 3.05) is 13.1 Å². The number of carbonyl (C=O) groups is 1. The van der Waals surface area contributed by atoms with Crippen LogP contribution in [-0.4, -0.2) is 25.0 Å². The van der Waals surface area contributed by atoms with Crippen LogP contribution < -0.4 is 10.6 Å². The third-order valence-electron chi connectivity index (χ3n) is 5.41. The van der Waals surface area contributed by atoms with E-state index in [9.17, 15) is 4.79 Å². The van der Waals surface area contributed by atoms with Gasteiger partial charge in [0.25, 0.3) is 0 Å². The smallest absolute Gasteiger partial charge is 0.223 e. The van der Waals surface area contributed by atoms with E-state index in [-0.39, 0.29) is 24.4 Å². The van der Waals surface area contributed by atoms with Gasteiger partial charge in [0.1, 0.15) is 0 Å². The molecule has 1 spiro atoms. The lowest BCUT2D eigenvalue weighted by Gasteiger charge is -2.24. The second kappa shape index (κ2) is 8.16. The van der Waals surface area contributed by atoms with Gasteiger partial charge in [-0.2, -0.15) is 0 Å². The fraction of sp³-hybridized carbons (Fsp3) is 0.632. The van der Waals surface area contributed by atoms with Crippen LogP contribution in [0.25, 0.3) is 0 Å². The standard InChI is InChI=1S/C19H28N2O.ClH/c1-2-6-16(13-15-7-4-3-5-8-15)21-18(22)17-14-19(17)9-11-20-12-10-19;/h3-5,7-8,16-17,20H,2,6,9-14H2,1H3,(H,21,22);1H. The van der Waals surface area contributed by atoms with Crippen LogP contribution in [0.3, 0.4) is 0 Å². The van der Waals surface area contributed by atoms with Crippen LogP contribution in [0.15, 0.2) is 30.3 Å². The Labute approximate surface area is 146 Å². The Morgan fingerprint density at radius 3 is 2.65 bits per heavy atom. The lowest BCUT2D eigenvalue weighted by molar-refractivity contribution is -0.124. The van der Waals surface area contributed by atoms with Gasteiger partial charge in [0, 0.05) is 12.0 Å². The monoisotopic (exact) mass is 336 g/mol. The van der Waals surface area contributed by atoms with Crippen molar-refractivity contribution in [1.29, 1.82) is 0 Å². The number of hydrogen-bond acceptors (Lipinski definition) is 2. The molecule has 2 unspecified atom stereocenters. The predicted molar refractivity (Wildman–Crippen MR) is 96.9 cm³/mol. The molecule has 4 heteroatoms. The summed E-state index contributed by atoms with van der Waals surface area (Å²) in [6.45, 7) is 4.34. The van der Waals surface area contributed by atoms with Crippen LogP contribution in [0.4, 0.5) is 0 Å². The van der Waals surface area contributed by atoms with Crippen molar-refractivity contribution >= 4 is 18.3 Å². The first-order valence-corrected chi connectivity index (χ1v) is 8.78. The number of hydrogen-bond donors (Lipinski definition) is 2. The molecule has 128 valence electrons. The van der Waals surface area contributed by atoms with Gasteiger partial charge in [0.2, 0.25) is 5.91 Å². The van der Waals surface area contributed by atoms with E-state index in [1.807, 2.05) is 6.07 Å². The topological polar surface area (TPSA) is 41.1 Å². The van der Waals surface area contributed by atoms with E-state index in [1.54, 1.807) is 0 Å². The van der Waals surface area contributed by atoms with Crippen LogP contribution in [0.2, 0.25) is 0 Å². The van der Waals surface area contributed by atoms with Crippen molar-refractivity contribution in [3.8, 4) is 0 Å². The first-order chi connectivity index (χ1) is 10.7. The molecule has 1 amide bonds. The van der Waals surface area contributed by atoms with Crippen molar-refractivity contribution in [3.05, 3.63) is 35.9 Å². The van der Waals surface area contributed by atoms with Crippen molar-refractivity contribution in [2.24, 2.45) is 11.3 Å². The molecular weight excluding hydrogens is 308 g/mol. The molecule has 1 aromatic carbocycles. The SMILES string of the molecule is CCCC(Cc1ccccc1)NC(=O)C1CC12CCNCC2.Cl. The molecule has 0 aromatic heterocycles. The molecule has 1 heterocycles. The van der Waals surface area contributed by atoms with E-state index in [0.717, 1.165) is 38.8 Å². The molecular formula is C19H29ClN2O. The average molecular weight is 337 g/mol. The van der Waals surface area contributed by atoms with Gasteiger partial charge >= 0.3 is 0 Å². The number of piperidine rings is 1. The highest BCUT2D eigenvalue weighted by Gasteiger charge is 2.57. The maximum absolute atomic E-state index is 12.6. The highest BCUT2D eigenvalue weighted by molar-refractivity contribution is 5.85. The summed E-state index contributed by atoms with van der Waals surface area (Å²) in [7, 11) is 0. The van der Waals surface area contributed by atoms with Crippen molar-refractivity contribution in [3.63, 3.8) is 0 Å². The molecule has 1 aromatic rings. The summed E-state index contributed by atoms with van der Waals surface area (Å²) < 4.78 is 0. The summed E-state index contributed by atoms with van der Waals surface area (Å²) in [5.74, 6) is 0.570. The summed E-state index contributed by atoms with van der Waals surface area (Å²) in [5, 5.41) is 6.74. The van der Waals surface area contributed by atoms with Gasteiger partial charge in [-0.15, -0.1) is 12.4 Å². The zero-order valence-corrected chi connectivity index (χ0v) is 14.8. The summed E-state index contributed by atoms with van der Waals surface area (Å²) in [6, 6.07) is 10.8. The number of rotatable bonds is 6. The van der Waals surface area contributed by atoms with Crippen LogP contribution in [-0.2, 0) is 11.2 Å². The summed E-state index contributed by atoms with van der Waals surface area (Å²) in [4.78, 5) is 12.6. The second-order valence-corrected chi connectivity index (χ2v) is 7.05. The number of amides is 1. The largest absolute Gasteiger partial charge is 0.353 e. The maximum atomic E-state index is 12.6. The van der Waals surface area contributed by atoms with E-state index in [0.29, 0.717) is 11.3 Å². The Hall–Kier alpha value is -1.06. The average Bonchev–Trinajstić information content (AvgIpc) is 3.22. The highest BCUT2D eigenvalue weighted by atomic mass is 35.5. The molecule has 2 atom stereocenters. The fourth-order valence-electron chi connectivity index (χ4n) is 3.97. The summed E-state index contributed by atoms with van der Waals surface area (Å²) in [6.07, 6.45) is 6.55. The number of halogens is 1. The third kappa shape index (κ3) is 4.48. The minimum Gasteiger partial charge on any atom is -0.353 e. The first-order valence-electron chi connectivity index (χ1n) is 8.78. The van der Waals surface area contributed by atoms with Gasteiger partial charge in [-0.25, -0.2) is 0 Å². The predicted octanol–water partition coefficient (Wildman–Crippen LogP) is 3.33. The number of nitrogens with one attached hydrogen (secondary N) is 2. The Morgan fingerprint density at radius 2 is 2.00 bits per heavy atom. The first kappa shape index (κ1) is 18.3. The summed E-state index contributed by atoms with van der Waals surface area (Å²) in [5.41, 5.74) is 1.65. The molecule has 0 bridgehead atoms. The second-order valence-electron chi connectivity index (χ2n) is 7.05. The quantitative estimate of drug-likeness (QED) is 0.836. The zero-order valence-electron chi connectivity index (χ0n) is 14.0. The maximum Gasteiger partial charge on any atom is 0.223 e. The van der Waals surface area contributed by atoms with Gasteiger partial charge < -0.3 is 10.6 Å². The fourth-order valence-corrected chi connectivity index (χ4v) is 3.97. The van der Waals surface area contributed by atoms with Gasteiger partial charge in [0.05, 0.1) is 0 Å². The molecule has 1 saturated carbocycles. The minimum absolute atomic E-state index is 0. The molecule has 3 rings (SSSR count). The number of benzene rings is 1. The minimum atomic E-state index is 0. The molecule has 0 radical (unpaired) electrons. The van der Waals surface area contributed by atoms with Crippen molar-refractivity contribution < 1.29 is 4.79 Å². The molecule has 23 heavy (non-hydrogen) atoms. The van der Waals surface area contributed by atoms with Gasteiger partial charge in [-0.05, 0) is 56.2 Å². The van der Waals surface area contributed by atoms with Crippen molar-refractivity contribution in [1.82, 2.24) is 10.6 Å². The normalized spacial score (nSPS) is 22.9. The molecule has 3 nitrogen and oxygen atoms in total. The molecule has 2 fully saturated rings. The molecule has 1 aliphatic heterocycles. The third-order valence-corrected chi connectivity index (χ3v) is 5.41. The van der Waals surface area contributed by atoms with Gasteiger partial charge in [-0.1, -0.05) is 43.7 Å². The van der Waals surface area contributed by atoms with E-state index >= 15 is 0 Å². The summed E-state index contributed by atoms with van der Waals surface area (Å²) >= 11 is 0. The molecule has 2 aliphatic rings. The van der Waals surface area contributed by atoms with E-state index in [4.69, 9.17) is 0 Å². The Bertz CT molecular complexity index is 499. The van der Waals surface area contributed by atoms with Crippen LogP contribution in [0.1, 0.15) is 44.6 Å². The highest BCUT2D eigenvalue weighted by Crippen LogP contribution is 2.58.